The molecule has 0 spiro atoms. The largest absolute Gasteiger partial charge is 0.269 e. The summed E-state index contributed by atoms with van der Waals surface area (Å²) in [5, 5.41) is 0. The Morgan fingerprint density at radius 3 is 2.52 bits per heavy atom. The van der Waals surface area contributed by atoms with Crippen molar-refractivity contribution in [3.05, 3.63) is 73.7 Å². The van der Waals surface area contributed by atoms with Gasteiger partial charge in [-0.1, -0.05) is 17.7 Å². The highest BCUT2D eigenvalue weighted by molar-refractivity contribution is 9.10. The van der Waals surface area contributed by atoms with E-state index < -0.39 is 0 Å². The summed E-state index contributed by atoms with van der Waals surface area (Å²) in [6.07, 6.45) is 1.75. The van der Waals surface area contributed by atoms with Crippen LogP contribution in [-0.4, -0.2) is 9.38 Å². The molecule has 3 rings (SSSR count). The summed E-state index contributed by atoms with van der Waals surface area (Å²) in [5.41, 5.74) is 5.25. The number of hydrogen-bond donors (Lipinski definition) is 0. The predicted molar refractivity (Wildman–Crippen MR) is 99.4 cm³/mol. The van der Waals surface area contributed by atoms with Crippen molar-refractivity contribution >= 4 is 33.3 Å². The molecule has 0 amide bonds. The molecule has 2 heterocycles. The van der Waals surface area contributed by atoms with Crippen molar-refractivity contribution in [2.24, 2.45) is 0 Å². The van der Waals surface area contributed by atoms with Gasteiger partial charge in [0.2, 0.25) is 0 Å². The molecule has 0 bridgehead atoms. The Morgan fingerprint density at radius 2 is 1.83 bits per heavy atom. The average molecular weight is 389 g/mol. The van der Waals surface area contributed by atoms with E-state index in [2.05, 4.69) is 53.8 Å². The van der Waals surface area contributed by atoms with E-state index in [-0.39, 0.29) is 5.56 Å². The Labute approximate surface area is 147 Å². The van der Waals surface area contributed by atoms with Crippen molar-refractivity contribution in [3.8, 4) is 0 Å². The molecule has 3 aromatic rings. The highest BCUT2D eigenvalue weighted by Gasteiger charge is 2.08. The first-order valence-electron chi connectivity index (χ1n) is 7.32. The molecule has 1 aromatic carbocycles. The molecule has 0 saturated heterocycles. The van der Waals surface area contributed by atoms with Gasteiger partial charge in [0.25, 0.3) is 5.56 Å². The van der Waals surface area contributed by atoms with Crippen molar-refractivity contribution < 1.29 is 0 Å². The van der Waals surface area contributed by atoms with Crippen LogP contribution in [0.15, 0.2) is 50.7 Å². The Kier molecular flexibility index (Phi) is 4.60. The molecule has 0 radical (unpaired) electrons. The average Bonchev–Trinajstić information content (AvgIpc) is 2.47. The van der Waals surface area contributed by atoms with Gasteiger partial charge in [-0.15, -0.1) is 11.8 Å². The third-order valence-electron chi connectivity index (χ3n) is 3.65. The van der Waals surface area contributed by atoms with Gasteiger partial charge in [-0.05, 0) is 60.0 Å². The van der Waals surface area contributed by atoms with Gasteiger partial charge in [0.15, 0.2) is 0 Å². The van der Waals surface area contributed by atoms with Gasteiger partial charge in [-0.3, -0.25) is 9.20 Å². The van der Waals surface area contributed by atoms with Gasteiger partial charge >= 0.3 is 0 Å². The molecule has 0 fully saturated rings. The van der Waals surface area contributed by atoms with Crippen molar-refractivity contribution in [2.75, 3.05) is 0 Å². The van der Waals surface area contributed by atoms with Crippen LogP contribution in [0.1, 0.15) is 22.4 Å². The van der Waals surface area contributed by atoms with Gasteiger partial charge in [-0.25, -0.2) is 4.98 Å². The number of pyridine rings is 1. The first-order chi connectivity index (χ1) is 10.9. The zero-order valence-electron chi connectivity index (χ0n) is 13.3. The number of halogens is 1. The summed E-state index contributed by atoms with van der Waals surface area (Å²) < 4.78 is 2.42. The van der Waals surface area contributed by atoms with Gasteiger partial charge < -0.3 is 0 Å². The van der Waals surface area contributed by atoms with Crippen LogP contribution in [0.5, 0.6) is 0 Å². The molecule has 0 N–H and O–H groups in total. The second-order valence-corrected chi connectivity index (χ2v) is 7.58. The van der Waals surface area contributed by atoms with E-state index in [0.717, 1.165) is 10.2 Å². The Morgan fingerprint density at radius 1 is 1.13 bits per heavy atom. The number of aromatic nitrogens is 2. The highest BCUT2D eigenvalue weighted by atomic mass is 79.9. The molecule has 23 heavy (non-hydrogen) atoms. The predicted octanol–water partition coefficient (Wildman–Crippen LogP) is 4.67. The third kappa shape index (κ3) is 3.51. The van der Waals surface area contributed by atoms with E-state index in [1.54, 1.807) is 28.4 Å². The first-order valence-corrected chi connectivity index (χ1v) is 9.10. The van der Waals surface area contributed by atoms with Crippen LogP contribution in [0.4, 0.5) is 0 Å². The van der Waals surface area contributed by atoms with Crippen LogP contribution >= 0.6 is 27.7 Å². The summed E-state index contributed by atoms with van der Waals surface area (Å²) in [7, 11) is 0. The number of thioether (sulfide) groups is 1. The van der Waals surface area contributed by atoms with Crippen LogP contribution < -0.4 is 5.56 Å². The molecular formula is C18H17BrN2OS. The van der Waals surface area contributed by atoms with E-state index in [9.17, 15) is 4.79 Å². The van der Waals surface area contributed by atoms with Crippen LogP contribution in [0, 0.1) is 20.8 Å². The summed E-state index contributed by atoms with van der Waals surface area (Å²) >= 11 is 5.11. The number of aryl methyl sites for hydroxylation is 3. The van der Waals surface area contributed by atoms with Gasteiger partial charge in [0, 0.05) is 27.4 Å². The normalized spacial score (nSPS) is 11.1. The Bertz CT molecular complexity index is 926. The van der Waals surface area contributed by atoms with Crippen molar-refractivity contribution in [1.82, 2.24) is 9.38 Å². The number of benzene rings is 1. The second-order valence-electron chi connectivity index (χ2n) is 5.68. The van der Waals surface area contributed by atoms with Crippen molar-refractivity contribution in [1.29, 1.82) is 0 Å². The number of fused-ring (bicyclic) bond motifs is 1. The summed E-state index contributed by atoms with van der Waals surface area (Å²) in [4.78, 5) is 18.1. The minimum Gasteiger partial charge on any atom is -0.269 e. The molecule has 0 atom stereocenters. The van der Waals surface area contributed by atoms with E-state index in [4.69, 9.17) is 0 Å². The van der Waals surface area contributed by atoms with Crippen molar-refractivity contribution in [2.45, 2.75) is 31.4 Å². The molecule has 0 aliphatic heterocycles. The lowest BCUT2D eigenvalue weighted by Gasteiger charge is -2.11. The molecule has 0 aliphatic carbocycles. The first kappa shape index (κ1) is 16.3. The van der Waals surface area contributed by atoms with E-state index in [1.807, 2.05) is 12.1 Å². The quantitative estimate of drug-likeness (QED) is 0.611. The van der Waals surface area contributed by atoms with Crippen LogP contribution in [0.3, 0.4) is 0 Å². The second kappa shape index (κ2) is 6.49. The molecule has 0 aliphatic rings. The topological polar surface area (TPSA) is 34.4 Å². The zero-order chi connectivity index (χ0) is 16.6. The zero-order valence-corrected chi connectivity index (χ0v) is 15.7. The molecule has 3 nitrogen and oxygen atoms in total. The number of nitrogens with zero attached hydrogens (tertiary/aromatic N) is 2. The van der Waals surface area contributed by atoms with Gasteiger partial charge in [-0.2, -0.15) is 0 Å². The van der Waals surface area contributed by atoms with E-state index in [0.29, 0.717) is 11.4 Å². The maximum Gasteiger partial charge on any atom is 0.258 e. The van der Waals surface area contributed by atoms with Crippen LogP contribution in [-0.2, 0) is 5.75 Å². The lowest BCUT2D eigenvalue weighted by Crippen LogP contribution is -2.15. The fraction of sp³-hybridized carbons (Fsp3) is 0.222. The fourth-order valence-corrected chi connectivity index (χ4v) is 4.09. The molecule has 0 unspecified atom stereocenters. The summed E-state index contributed by atoms with van der Waals surface area (Å²) in [5.74, 6) is 0.687. The lowest BCUT2D eigenvalue weighted by atomic mass is 10.1. The van der Waals surface area contributed by atoms with Crippen LogP contribution in [0.2, 0.25) is 0 Å². The van der Waals surface area contributed by atoms with Crippen LogP contribution in [0.25, 0.3) is 5.65 Å². The number of rotatable bonds is 3. The molecule has 2 aromatic heterocycles. The maximum atomic E-state index is 12.2. The Balaban J connectivity index is 1.91. The fourth-order valence-electron chi connectivity index (χ4n) is 2.74. The SMILES string of the molecule is Cc1cc(C)c(SCc2cc(=O)n3cc(Br)ccc3n2)c(C)c1. The minimum absolute atomic E-state index is 0.0516. The third-order valence-corrected chi connectivity index (χ3v) is 5.49. The lowest BCUT2D eigenvalue weighted by molar-refractivity contribution is 1.01. The molecule has 118 valence electrons. The van der Waals surface area contributed by atoms with E-state index >= 15 is 0 Å². The monoisotopic (exact) mass is 388 g/mol. The Hall–Kier alpha value is -1.59. The number of hydrogen-bond acceptors (Lipinski definition) is 3. The smallest absolute Gasteiger partial charge is 0.258 e. The van der Waals surface area contributed by atoms with Gasteiger partial charge in [0.05, 0.1) is 5.69 Å². The molecule has 0 saturated carbocycles. The minimum atomic E-state index is -0.0516. The molecular weight excluding hydrogens is 372 g/mol. The highest BCUT2D eigenvalue weighted by Crippen LogP contribution is 2.29. The summed E-state index contributed by atoms with van der Waals surface area (Å²) in [6, 6.07) is 9.74. The van der Waals surface area contributed by atoms with Crippen molar-refractivity contribution in [3.63, 3.8) is 0 Å². The van der Waals surface area contributed by atoms with Gasteiger partial charge in [0.1, 0.15) is 5.65 Å². The maximum absolute atomic E-state index is 12.2. The van der Waals surface area contributed by atoms with E-state index in [1.165, 1.54) is 21.6 Å². The summed E-state index contributed by atoms with van der Waals surface area (Å²) in [6.45, 7) is 6.36. The standard InChI is InChI=1S/C18H17BrN2OS/c1-11-6-12(2)18(13(3)7-11)23-10-15-8-17(22)21-9-14(19)4-5-16(21)20-15/h4-9H,10H2,1-3H3. The molecule has 5 heteroatoms.